The summed E-state index contributed by atoms with van der Waals surface area (Å²) >= 11 is 0. The number of aromatic nitrogens is 2. The van der Waals surface area contributed by atoms with E-state index in [-0.39, 0.29) is 4.90 Å². The number of aryl methyl sites for hydroxylation is 1. The van der Waals surface area contributed by atoms with E-state index < -0.39 is 10.0 Å². The van der Waals surface area contributed by atoms with E-state index in [4.69, 9.17) is 5.73 Å². The van der Waals surface area contributed by atoms with Crippen LogP contribution in [-0.4, -0.2) is 23.9 Å². The van der Waals surface area contributed by atoms with E-state index in [0.717, 1.165) is 16.5 Å². The molecule has 0 spiro atoms. The van der Waals surface area contributed by atoms with E-state index in [1.54, 1.807) is 36.7 Å². The monoisotopic (exact) mass is 315 g/mol. The van der Waals surface area contributed by atoms with Crippen molar-refractivity contribution in [3.63, 3.8) is 0 Å². The summed E-state index contributed by atoms with van der Waals surface area (Å²) in [6.45, 7) is 2.32. The van der Waals surface area contributed by atoms with E-state index in [0.29, 0.717) is 18.6 Å². The number of nitrogens with zero attached hydrogens (tertiary/aromatic N) is 2. The molecule has 1 aromatic carbocycles. The molecule has 0 aliphatic heterocycles. The third-order valence-electron chi connectivity index (χ3n) is 3.57. The van der Waals surface area contributed by atoms with Crippen molar-refractivity contribution in [1.82, 2.24) is 8.96 Å². The Morgan fingerprint density at radius 3 is 2.77 bits per heavy atom. The summed E-state index contributed by atoms with van der Waals surface area (Å²) in [6, 6.07) is 10.5. The molecule has 3 rings (SSSR count). The number of pyridine rings is 1. The molecule has 0 saturated carbocycles. The summed E-state index contributed by atoms with van der Waals surface area (Å²) in [5.74, 6) is 0. The van der Waals surface area contributed by atoms with Crippen molar-refractivity contribution >= 4 is 21.1 Å². The fourth-order valence-electron chi connectivity index (χ4n) is 2.52. The maximum atomic E-state index is 12.9. The average molecular weight is 315 g/mol. The Morgan fingerprint density at radius 2 is 2.05 bits per heavy atom. The Bertz CT molecular complexity index is 929. The molecule has 0 amide bonds. The van der Waals surface area contributed by atoms with Crippen LogP contribution < -0.4 is 5.73 Å². The van der Waals surface area contributed by atoms with Gasteiger partial charge >= 0.3 is 0 Å². The summed E-state index contributed by atoms with van der Waals surface area (Å²) < 4.78 is 27.1. The molecule has 6 heteroatoms. The lowest BCUT2D eigenvalue weighted by Crippen LogP contribution is -2.12. The molecule has 5 nitrogen and oxygen atoms in total. The van der Waals surface area contributed by atoms with Gasteiger partial charge in [-0.1, -0.05) is 12.1 Å². The van der Waals surface area contributed by atoms with Crippen molar-refractivity contribution in [2.24, 2.45) is 5.73 Å². The molecule has 0 atom stereocenters. The van der Waals surface area contributed by atoms with Gasteiger partial charge in [0, 0.05) is 17.8 Å². The van der Waals surface area contributed by atoms with Crippen LogP contribution in [0.4, 0.5) is 0 Å². The van der Waals surface area contributed by atoms with Crippen molar-refractivity contribution in [1.29, 1.82) is 0 Å². The van der Waals surface area contributed by atoms with E-state index in [2.05, 4.69) is 4.98 Å². The van der Waals surface area contributed by atoms with Crippen LogP contribution in [0.15, 0.2) is 53.7 Å². The minimum Gasteiger partial charge on any atom is -0.330 e. The fourth-order valence-corrected chi connectivity index (χ4v) is 3.97. The van der Waals surface area contributed by atoms with E-state index in [1.807, 2.05) is 19.1 Å². The normalized spacial score (nSPS) is 11.9. The number of fused-ring (bicyclic) bond motifs is 1. The van der Waals surface area contributed by atoms with Crippen LogP contribution >= 0.6 is 0 Å². The minimum absolute atomic E-state index is 0.259. The van der Waals surface area contributed by atoms with Gasteiger partial charge in [0.2, 0.25) is 0 Å². The largest absolute Gasteiger partial charge is 0.330 e. The molecule has 0 aliphatic rings. The predicted molar refractivity (Wildman–Crippen MR) is 86.3 cm³/mol. The second-order valence-corrected chi connectivity index (χ2v) is 7.00. The first kappa shape index (κ1) is 14.7. The number of benzene rings is 1. The lowest BCUT2D eigenvalue weighted by molar-refractivity contribution is 0.588. The molecule has 3 aromatic rings. The lowest BCUT2D eigenvalue weighted by atomic mass is 10.2. The SMILES string of the molecule is Cc1cccc(S(=O)(=O)n2cc(CCN)c3cccnc32)c1. The van der Waals surface area contributed by atoms with Crippen LogP contribution in [0.1, 0.15) is 11.1 Å². The molecule has 114 valence electrons. The fraction of sp³-hybridized carbons (Fsp3) is 0.188. The molecule has 0 saturated heterocycles. The Hall–Kier alpha value is -2.18. The van der Waals surface area contributed by atoms with Gasteiger partial charge in [0.15, 0.2) is 5.65 Å². The topological polar surface area (TPSA) is 78.0 Å². The third kappa shape index (κ3) is 2.40. The average Bonchev–Trinajstić information content (AvgIpc) is 2.88. The van der Waals surface area contributed by atoms with Crippen molar-refractivity contribution < 1.29 is 8.42 Å². The van der Waals surface area contributed by atoms with Crippen LogP contribution in [0.3, 0.4) is 0 Å². The molecule has 0 unspecified atom stereocenters. The van der Waals surface area contributed by atoms with Gasteiger partial charge in [-0.25, -0.2) is 17.4 Å². The van der Waals surface area contributed by atoms with Crippen LogP contribution in [0.2, 0.25) is 0 Å². The van der Waals surface area contributed by atoms with Gasteiger partial charge in [-0.05, 0) is 55.3 Å². The van der Waals surface area contributed by atoms with Gasteiger partial charge in [0.05, 0.1) is 4.90 Å². The van der Waals surface area contributed by atoms with E-state index in [1.165, 1.54) is 3.97 Å². The maximum Gasteiger partial charge on any atom is 0.269 e. The van der Waals surface area contributed by atoms with Gasteiger partial charge < -0.3 is 5.73 Å². The zero-order chi connectivity index (χ0) is 15.7. The molecule has 0 bridgehead atoms. The highest BCUT2D eigenvalue weighted by atomic mass is 32.2. The van der Waals surface area contributed by atoms with Crippen LogP contribution in [0, 0.1) is 6.92 Å². The first-order chi connectivity index (χ1) is 10.5. The zero-order valence-electron chi connectivity index (χ0n) is 12.2. The van der Waals surface area contributed by atoms with Gasteiger partial charge in [0.25, 0.3) is 10.0 Å². The number of hydrogen-bond donors (Lipinski definition) is 1. The molecule has 0 radical (unpaired) electrons. The van der Waals surface area contributed by atoms with Crippen molar-refractivity contribution in [3.05, 3.63) is 59.9 Å². The smallest absolute Gasteiger partial charge is 0.269 e. The van der Waals surface area contributed by atoms with Crippen LogP contribution in [-0.2, 0) is 16.4 Å². The van der Waals surface area contributed by atoms with Gasteiger partial charge in [-0.15, -0.1) is 0 Å². The molecule has 2 N–H and O–H groups in total. The molecule has 2 aromatic heterocycles. The number of nitrogens with two attached hydrogens (primary N) is 1. The number of rotatable bonds is 4. The second-order valence-electron chi connectivity index (χ2n) is 5.18. The third-order valence-corrected chi connectivity index (χ3v) is 5.22. The summed E-state index contributed by atoms with van der Waals surface area (Å²) in [5, 5.41) is 0.823. The Labute approximate surface area is 129 Å². The molecule has 2 heterocycles. The van der Waals surface area contributed by atoms with Crippen LogP contribution in [0.5, 0.6) is 0 Å². The Kier molecular flexibility index (Phi) is 3.72. The van der Waals surface area contributed by atoms with Gasteiger partial charge in [-0.2, -0.15) is 0 Å². The minimum atomic E-state index is -3.67. The van der Waals surface area contributed by atoms with Gasteiger partial charge in [0.1, 0.15) is 0 Å². The summed E-state index contributed by atoms with van der Waals surface area (Å²) in [7, 11) is -3.67. The summed E-state index contributed by atoms with van der Waals surface area (Å²) in [5.41, 5.74) is 7.85. The Morgan fingerprint density at radius 1 is 1.23 bits per heavy atom. The van der Waals surface area contributed by atoms with Crippen molar-refractivity contribution in [3.8, 4) is 0 Å². The standard InChI is InChI=1S/C16H17N3O2S/c1-12-4-2-5-14(10-12)22(20,21)19-11-13(7-8-17)15-6-3-9-18-16(15)19/h2-6,9-11H,7-8,17H2,1H3. The van der Waals surface area contributed by atoms with Gasteiger partial charge in [-0.3, -0.25) is 0 Å². The first-order valence-corrected chi connectivity index (χ1v) is 8.45. The maximum absolute atomic E-state index is 12.9. The zero-order valence-corrected chi connectivity index (χ0v) is 13.0. The molecular weight excluding hydrogens is 298 g/mol. The molecule has 0 fully saturated rings. The molecule has 0 aliphatic carbocycles. The highest BCUT2D eigenvalue weighted by molar-refractivity contribution is 7.90. The van der Waals surface area contributed by atoms with Crippen molar-refractivity contribution in [2.45, 2.75) is 18.2 Å². The molecular formula is C16H17N3O2S. The highest BCUT2D eigenvalue weighted by Crippen LogP contribution is 2.25. The Balaban J connectivity index is 2.25. The first-order valence-electron chi connectivity index (χ1n) is 7.01. The second kappa shape index (κ2) is 5.55. The predicted octanol–water partition coefficient (Wildman–Crippen LogP) is 2.08. The van der Waals surface area contributed by atoms with E-state index in [9.17, 15) is 8.42 Å². The summed E-state index contributed by atoms with van der Waals surface area (Å²) in [4.78, 5) is 4.50. The van der Waals surface area contributed by atoms with Crippen LogP contribution in [0.25, 0.3) is 11.0 Å². The van der Waals surface area contributed by atoms with Crippen molar-refractivity contribution in [2.75, 3.05) is 6.54 Å². The van der Waals surface area contributed by atoms with E-state index >= 15 is 0 Å². The molecule has 22 heavy (non-hydrogen) atoms. The quantitative estimate of drug-likeness (QED) is 0.799. The summed E-state index contributed by atoms with van der Waals surface area (Å²) in [6.07, 6.45) is 3.83. The number of hydrogen-bond acceptors (Lipinski definition) is 4. The highest BCUT2D eigenvalue weighted by Gasteiger charge is 2.21. The lowest BCUT2D eigenvalue weighted by Gasteiger charge is -2.07.